The number of aromatic nitrogens is 2. The zero-order valence-electron chi connectivity index (χ0n) is 15.5. The molecule has 2 heterocycles. The Morgan fingerprint density at radius 3 is 2.97 bits per heavy atom. The Kier molecular flexibility index (Phi) is 5.04. The molecule has 4 rings (SSSR count). The standard InChI is InChI=1S/C21H17F2N3O3/c1-26-8-7-19(25-26)24-21(27)14-9-16(28-12-13-5-3-2-4-6-13)15-11-18(20(22)23)29-17(15)10-14/h3,5-10,18,20H,11-12H2,1H3,(H,24,25,27). The SMILES string of the molecule is Cn1ccc(NC(=O)c2cc(OCc3cc#ccc3)c3c(c2)OC(C(F)F)C3)n1. The summed E-state index contributed by atoms with van der Waals surface area (Å²) in [5.41, 5.74) is 1.59. The number of fused-ring (bicyclic) bond motifs is 1. The number of nitrogens with zero attached hydrogens (tertiary/aromatic N) is 2. The van der Waals surface area contributed by atoms with Crippen LogP contribution in [0.2, 0.25) is 0 Å². The van der Waals surface area contributed by atoms with Crippen LogP contribution in [-0.2, 0) is 20.1 Å². The number of rotatable bonds is 6. The monoisotopic (exact) mass is 397 g/mol. The van der Waals surface area contributed by atoms with Crippen LogP contribution in [0.15, 0.2) is 42.6 Å². The summed E-state index contributed by atoms with van der Waals surface area (Å²) in [6.07, 6.45) is -2.20. The minimum Gasteiger partial charge on any atom is -0.488 e. The molecule has 0 bridgehead atoms. The molecule has 8 heteroatoms. The van der Waals surface area contributed by atoms with Crippen LogP contribution in [0.3, 0.4) is 0 Å². The van der Waals surface area contributed by atoms with Gasteiger partial charge < -0.3 is 14.8 Å². The van der Waals surface area contributed by atoms with Crippen molar-refractivity contribution in [2.45, 2.75) is 25.6 Å². The molecule has 1 atom stereocenters. The van der Waals surface area contributed by atoms with Gasteiger partial charge in [0.25, 0.3) is 12.3 Å². The lowest BCUT2D eigenvalue weighted by molar-refractivity contribution is 0.0245. The van der Waals surface area contributed by atoms with Crippen molar-refractivity contribution in [3.8, 4) is 11.5 Å². The van der Waals surface area contributed by atoms with Gasteiger partial charge in [0.15, 0.2) is 11.9 Å². The molecule has 1 aliphatic rings. The Morgan fingerprint density at radius 1 is 1.41 bits per heavy atom. The Balaban J connectivity index is 1.61. The van der Waals surface area contributed by atoms with E-state index in [1.807, 2.05) is 6.07 Å². The average Bonchev–Trinajstić information content (AvgIpc) is 3.33. The number of halogens is 2. The molecule has 2 aromatic carbocycles. The van der Waals surface area contributed by atoms with Gasteiger partial charge in [-0.2, -0.15) is 5.10 Å². The third kappa shape index (κ3) is 4.14. The quantitative estimate of drug-likeness (QED) is 0.692. The van der Waals surface area contributed by atoms with Gasteiger partial charge in [-0.15, -0.1) is 0 Å². The van der Waals surface area contributed by atoms with Crippen molar-refractivity contribution in [1.29, 1.82) is 0 Å². The predicted octanol–water partition coefficient (Wildman–Crippen LogP) is 3.42. The van der Waals surface area contributed by atoms with Gasteiger partial charge in [0, 0.05) is 36.9 Å². The van der Waals surface area contributed by atoms with Crippen molar-refractivity contribution in [3.05, 3.63) is 71.4 Å². The van der Waals surface area contributed by atoms with Crippen LogP contribution < -0.4 is 14.8 Å². The zero-order valence-corrected chi connectivity index (χ0v) is 15.5. The second-order valence-corrected chi connectivity index (χ2v) is 6.60. The Labute approximate surface area is 166 Å². The number of benzene rings is 1. The molecule has 1 aliphatic heterocycles. The van der Waals surface area contributed by atoms with Gasteiger partial charge in [-0.1, -0.05) is 12.1 Å². The van der Waals surface area contributed by atoms with Crippen LogP contribution in [0.25, 0.3) is 0 Å². The molecule has 1 amide bonds. The van der Waals surface area contributed by atoms with E-state index in [2.05, 4.69) is 22.5 Å². The zero-order chi connectivity index (χ0) is 20.4. The molecular formula is C21H17F2N3O3. The van der Waals surface area contributed by atoms with Gasteiger partial charge in [0.1, 0.15) is 18.1 Å². The van der Waals surface area contributed by atoms with Crippen molar-refractivity contribution in [2.75, 3.05) is 5.32 Å². The predicted molar refractivity (Wildman–Crippen MR) is 100 cm³/mol. The molecule has 0 radical (unpaired) electrons. The van der Waals surface area contributed by atoms with E-state index in [0.717, 1.165) is 5.56 Å². The van der Waals surface area contributed by atoms with E-state index in [9.17, 15) is 13.6 Å². The Morgan fingerprint density at radius 2 is 2.28 bits per heavy atom. The smallest absolute Gasteiger partial charge is 0.275 e. The van der Waals surface area contributed by atoms with E-state index in [-0.39, 0.29) is 24.3 Å². The molecule has 29 heavy (non-hydrogen) atoms. The highest BCUT2D eigenvalue weighted by molar-refractivity contribution is 6.04. The summed E-state index contributed by atoms with van der Waals surface area (Å²) in [7, 11) is 1.73. The van der Waals surface area contributed by atoms with Gasteiger partial charge >= 0.3 is 0 Å². The fraction of sp³-hybridized carbons (Fsp3) is 0.238. The van der Waals surface area contributed by atoms with Crippen LogP contribution in [-0.4, -0.2) is 28.2 Å². The molecule has 0 saturated heterocycles. The maximum Gasteiger partial charge on any atom is 0.275 e. The maximum absolute atomic E-state index is 13.2. The van der Waals surface area contributed by atoms with Gasteiger partial charge in [0.05, 0.1) is 0 Å². The molecule has 148 valence electrons. The topological polar surface area (TPSA) is 65.4 Å². The first kappa shape index (κ1) is 18.7. The minimum atomic E-state index is -2.64. The fourth-order valence-corrected chi connectivity index (χ4v) is 3.03. The first-order valence-corrected chi connectivity index (χ1v) is 8.92. The molecule has 0 saturated carbocycles. The minimum absolute atomic E-state index is 0.0131. The van der Waals surface area contributed by atoms with E-state index < -0.39 is 18.4 Å². The first-order valence-electron chi connectivity index (χ1n) is 8.92. The summed E-state index contributed by atoms with van der Waals surface area (Å²) < 4.78 is 39.1. The lowest BCUT2D eigenvalue weighted by atomic mass is 10.1. The van der Waals surface area contributed by atoms with Crippen LogP contribution >= 0.6 is 0 Å². The summed E-state index contributed by atoms with van der Waals surface area (Å²) in [4.78, 5) is 12.6. The van der Waals surface area contributed by atoms with Crippen LogP contribution in [0, 0.1) is 12.1 Å². The number of anilines is 1. The van der Waals surface area contributed by atoms with Crippen molar-refractivity contribution < 1.29 is 23.0 Å². The van der Waals surface area contributed by atoms with Crippen molar-refractivity contribution in [1.82, 2.24) is 9.78 Å². The second kappa shape index (κ2) is 7.80. The summed E-state index contributed by atoms with van der Waals surface area (Å²) in [5.74, 6) is 0.502. The van der Waals surface area contributed by atoms with Crippen molar-refractivity contribution in [2.24, 2.45) is 7.05 Å². The molecule has 1 N–H and O–H groups in total. The van der Waals surface area contributed by atoms with E-state index in [4.69, 9.17) is 9.47 Å². The lowest BCUT2D eigenvalue weighted by Gasteiger charge is -2.12. The summed E-state index contributed by atoms with van der Waals surface area (Å²) in [6, 6.07) is 15.5. The molecule has 1 aromatic heterocycles. The molecule has 6 nitrogen and oxygen atoms in total. The second-order valence-electron chi connectivity index (χ2n) is 6.60. The third-order valence-electron chi connectivity index (χ3n) is 4.47. The highest BCUT2D eigenvalue weighted by Crippen LogP contribution is 2.39. The lowest BCUT2D eigenvalue weighted by Crippen LogP contribution is -2.22. The number of hydrogen-bond acceptors (Lipinski definition) is 4. The molecule has 0 spiro atoms. The van der Waals surface area contributed by atoms with Crippen molar-refractivity contribution >= 4 is 11.7 Å². The third-order valence-corrected chi connectivity index (χ3v) is 4.47. The normalized spacial score (nSPS) is 14.8. The maximum atomic E-state index is 13.2. The van der Waals surface area contributed by atoms with Crippen LogP contribution in [0.1, 0.15) is 21.5 Å². The van der Waals surface area contributed by atoms with Gasteiger partial charge in [-0.05, 0) is 35.9 Å². The summed E-state index contributed by atoms with van der Waals surface area (Å²) >= 11 is 0. The summed E-state index contributed by atoms with van der Waals surface area (Å²) in [6.45, 7) is 0.197. The first-order chi connectivity index (χ1) is 14.0. The fourth-order valence-electron chi connectivity index (χ4n) is 3.03. The molecule has 1 unspecified atom stereocenters. The van der Waals surface area contributed by atoms with Crippen LogP contribution in [0.5, 0.6) is 11.5 Å². The van der Waals surface area contributed by atoms with Gasteiger partial charge in [-0.3, -0.25) is 9.48 Å². The number of alkyl halides is 2. The number of ether oxygens (including phenoxy) is 2. The number of aryl methyl sites for hydroxylation is 1. The van der Waals surface area contributed by atoms with Crippen LogP contribution in [0.4, 0.5) is 14.6 Å². The summed E-state index contributed by atoms with van der Waals surface area (Å²) in [5, 5.41) is 6.76. The molecule has 0 fully saturated rings. The number of carbonyl (C=O) groups excluding carboxylic acids is 1. The number of nitrogens with one attached hydrogen (secondary N) is 1. The molecule has 3 aromatic rings. The van der Waals surface area contributed by atoms with E-state index in [1.165, 1.54) is 12.1 Å². The van der Waals surface area contributed by atoms with E-state index >= 15 is 0 Å². The van der Waals surface area contributed by atoms with E-state index in [0.29, 0.717) is 17.1 Å². The Bertz CT molecular complexity index is 1020. The highest BCUT2D eigenvalue weighted by Gasteiger charge is 2.34. The number of carbonyl (C=O) groups is 1. The highest BCUT2D eigenvalue weighted by atomic mass is 19.3. The van der Waals surface area contributed by atoms with Crippen molar-refractivity contribution in [3.63, 3.8) is 0 Å². The Hall–Kier alpha value is -3.60. The molecule has 0 aliphatic carbocycles. The van der Waals surface area contributed by atoms with E-state index in [1.54, 1.807) is 36.1 Å². The average molecular weight is 397 g/mol. The van der Waals surface area contributed by atoms with Gasteiger partial charge in [-0.25, -0.2) is 8.78 Å². The largest absolute Gasteiger partial charge is 0.488 e. The molecular weight excluding hydrogens is 380 g/mol. The number of hydrogen-bond donors (Lipinski definition) is 1. The van der Waals surface area contributed by atoms with Gasteiger partial charge in [0.2, 0.25) is 0 Å². The number of amides is 1.